The number of carbonyl (C=O) groups is 2. The molecule has 0 radical (unpaired) electrons. The van der Waals surface area contributed by atoms with Crippen molar-refractivity contribution in [3.8, 4) is 6.07 Å². The van der Waals surface area contributed by atoms with Crippen LogP contribution in [0.5, 0.6) is 0 Å². The summed E-state index contributed by atoms with van der Waals surface area (Å²) >= 11 is 1.52. The third kappa shape index (κ3) is 4.73. The number of hydrogen-bond acceptors (Lipinski definition) is 6. The van der Waals surface area contributed by atoms with Gasteiger partial charge in [0, 0.05) is 49.0 Å². The quantitative estimate of drug-likeness (QED) is 0.569. The Labute approximate surface area is 213 Å². The molecule has 2 aliphatic heterocycles. The first-order valence-corrected chi connectivity index (χ1v) is 13.1. The average Bonchev–Trinajstić information content (AvgIpc) is 3.41. The Balaban J connectivity index is 1.30. The number of carbonyl (C=O) groups excluding carboxylic acids is 2. The van der Waals surface area contributed by atoms with E-state index in [2.05, 4.69) is 21.3 Å². The van der Waals surface area contributed by atoms with Crippen molar-refractivity contribution in [1.82, 2.24) is 15.2 Å². The summed E-state index contributed by atoms with van der Waals surface area (Å²) in [5.41, 5.74) is 1.37. The number of alkyl halides is 1. The molecule has 2 saturated heterocycles. The highest BCUT2D eigenvalue weighted by atomic mass is 32.2. The number of aromatic nitrogens is 1. The number of fused-ring (bicyclic) bond motifs is 1. The lowest BCUT2D eigenvalue weighted by atomic mass is 9.86. The summed E-state index contributed by atoms with van der Waals surface area (Å²) in [4.78, 5) is 33.5. The highest BCUT2D eigenvalue weighted by Crippen LogP contribution is 2.38. The van der Waals surface area contributed by atoms with Gasteiger partial charge in [-0.05, 0) is 29.8 Å². The van der Waals surface area contributed by atoms with Crippen LogP contribution in [-0.2, 0) is 10.5 Å². The molecule has 9 heteroatoms. The molecule has 3 heterocycles. The average molecular weight is 504 g/mol. The second-order valence-corrected chi connectivity index (χ2v) is 10.1. The Hall–Kier alpha value is -3.64. The Bertz CT molecular complexity index is 1320. The maximum absolute atomic E-state index is 15.6. The molecule has 3 aromatic rings. The van der Waals surface area contributed by atoms with Gasteiger partial charge < -0.3 is 15.1 Å². The molecule has 0 aliphatic carbocycles. The van der Waals surface area contributed by atoms with Crippen molar-refractivity contribution in [1.29, 1.82) is 5.26 Å². The summed E-state index contributed by atoms with van der Waals surface area (Å²) < 4.78 is 15.6. The largest absolute Gasteiger partial charge is 0.371 e. The van der Waals surface area contributed by atoms with E-state index in [9.17, 15) is 14.9 Å². The molecule has 7 nitrogen and oxygen atoms in total. The van der Waals surface area contributed by atoms with E-state index in [4.69, 9.17) is 0 Å². The number of thioether (sulfide) groups is 1. The van der Waals surface area contributed by atoms with E-state index in [-0.39, 0.29) is 18.4 Å². The number of pyridine rings is 1. The zero-order chi connectivity index (χ0) is 25.1. The Morgan fingerprint density at radius 3 is 2.69 bits per heavy atom. The third-order valence-corrected chi connectivity index (χ3v) is 7.95. The molecule has 0 saturated carbocycles. The summed E-state index contributed by atoms with van der Waals surface area (Å²) in [5.74, 6) is 0.382. The van der Waals surface area contributed by atoms with Gasteiger partial charge in [-0.15, -0.1) is 11.8 Å². The van der Waals surface area contributed by atoms with Crippen LogP contribution in [0.15, 0.2) is 60.8 Å². The summed E-state index contributed by atoms with van der Waals surface area (Å²) in [6.07, 6.45) is 2.34. The molecule has 0 bridgehead atoms. The fraction of sp³-hybridized carbons (Fsp3) is 0.333. The first-order valence-electron chi connectivity index (χ1n) is 11.9. The molecule has 2 aliphatic rings. The SMILES string of the molecule is N#C[C@@H]1CSCN1C(=O)CNC(=O)c1ccnc2ccc(N3CCC(F)(c4ccccc4)CC3)cc12. The summed E-state index contributed by atoms with van der Waals surface area (Å²) in [5, 5.41) is 12.6. The molecular weight excluding hydrogens is 477 g/mol. The molecule has 184 valence electrons. The van der Waals surface area contributed by atoms with E-state index in [1.54, 1.807) is 12.3 Å². The lowest BCUT2D eigenvalue weighted by Gasteiger charge is -2.38. The number of hydrogen-bond donors (Lipinski definition) is 1. The first-order chi connectivity index (χ1) is 17.5. The van der Waals surface area contributed by atoms with Crippen molar-refractivity contribution in [2.24, 2.45) is 0 Å². The van der Waals surface area contributed by atoms with Crippen LogP contribution in [0.3, 0.4) is 0 Å². The van der Waals surface area contributed by atoms with Crippen molar-refractivity contribution < 1.29 is 14.0 Å². The molecule has 0 unspecified atom stereocenters. The second kappa shape index (κ2) is 10.2. The number of amides is 2. The smallest absolute Gasteiger partial charge is 0.252 e. The fourth-order valence-electron chi connectivity index (χ4n) is 4.82. The molecule has 1 N–H and O–H groups in total. The van der Waals surface area contributed by atoms with Gasteiger partial charge in [0.15, 0.2) is 0 Å². The molecule has 2 aromatic carbocycles. The van der Waals surface area contributed by atoms with Gasteiger partial charge in [0.25, 0.3) is 5.91 Å². The van der Waals surface area contributed by atoms with Gasteiger partial charge in [0.05, 0.1) is 29.6 Å². The summed E-state index contributed by atoms with van der Waals surface area (Å²) in [7, 11) is 0. The number of rotatable bonds is 5. The predicted molar refractivity (Wildman–Crippen MR) is 138 cm³/mol. The van der Waals surface area contributed by atoms with Gasteiger partial charge >= 0.3 is 0 Å². The third-order valence-electron chi connectivity index (χ3n) is 6.93. The first kappa shape index (κ1) is 24.1. The van der Waals surface area contributed by atoms with Gasteiger partial charge in [-0.2, -0.15) is 5.26 Å². The fourth-order valence-corrected chi connectivity index (χ4v) is 5.93. The van der Waals surface area contributed by atoms with Crippen LogP contribution in [0, 0.1) is 11.3 Å². The minimum atomic E-state index is -1.34. The minimum Gasteiger partial charge on any atom is -0.371 e. The highest BCUT2D eigenvalue weighted by Gasteiger charge is 2.36. The van der Waals surface area contributed by atoms with E-state index < -0.39 is 11.7 Å². The van der Waals surface area contributed by atoms with E-state index in [1.165, 1.54) is 16.7 Å². The highest BCUT2D eigenvalue weighted by molar-refractivity contribution is 7.99. The van der Waals surface area contributed by atoms with Crippen LogP contribution >= 0.6 is 11.8 Å². The van der Waals surface area contributed by atoms with Gasteiger partial charge in [-0.3, -0.25) is 14.6 Å². The van der Waals surface area contributed by atoms with Crippen LogP contribution in [0.1, 0.15) is 28.8 Å². The van der Waals surface area contributed by atoms with E-state index in [0.717, 1.165) is 11.3 Å². The van der Waals surface area contributed by atoms with Gasteiger partial charge in [0.2, 0.25) is 5.91 Å². The number of piperidine rings is 1. The maximum atomic E-state index is 15.6. The van der Waals surface area contributed by atoms with Crippen molar-refractivity contribution in [2.45, 2.75) is 24.6 Å². The second-order valence-electron chi connectivity index (χ2n) is 9.07. The topological polar surface area (TPSA) is 89.3 Å². The van der Waals surface area contributed by atoms with Crippen molar-refractivity contribution in [2.75, 3.05) is 36.2 Å². The number of nitrogens with zero attached hydrogens (tertiary/aromatic N) is 4. The number of halogens is 1. The van der Waals surface area contributed by atoms with Crippen molar-refractivity contribution in [3.63, 3.8) is 0 Å². The molecule has 2 amide bonds. The van der Waals surface area contributed by atoms with Gasteiger partial charge in [-0.25, -0.2) is 4.39 Å². The Kier molecular flexibility index (Phi) is 6.79. The van der Waals surface area contributed by atoms with Crippen molar-refractivity contribution in [3.05, 3.63) is 71.9 Å². The lowest BCUT2D eigenvalue weighted by Crippen LogP contribution is -2.42. The Morgan fingerprint density at radius 2 is 1.94 bits per heavy atom. The van der Waals surface area contributed by atoms with Gasteiger partial charge in [0.1, 0.15) is 11.7 Å². The molecule has 2 fully saturated rings. The molecule has 0 spiro atoms. The van der Waals surface area contributed by atoms with Gasteiger partial charge in [-0.1, -0.05) is 30.3 Å². The van der Waals surface area contributed by atoms with Crippen molar-refractivity contribution >= 4 is 40.2 Å². The molecular formula is C27H26FN5O2S. The molecule has 1 atom stereocenters. The zero-order valence-electron chi connectivity index (χ0n) is 19.7. The monoisotopic (exact) mass is 503 g/mol. The van der Waals surface area contributed by atoms with E-state index >= 15 is 4.39 Å². The van der Waals surface area contributed by atoms with Crippen LogP contribution in [0.2, 0.25) is 0 Å². The number of nitrogens with one attached hydrogen (secondary N) is 1. The maximum Gasteiger partial charge on any atom is 0.252 e. The van der Waals surface area contributed by atoms with E-state index in [0.29, 0.717) is 54.0 Å². The lowest BCUT2D eigenvalue weighted by molar-refractivity contribution is -0.129. The summed E-state index contributed by atoms with van der Waals surface area (Å²) in [6, 6.07) is 18.3. The summed E-state index contributed by atoms with van der Waals surface area (Å²) in [6.45, 7) is 0.938. The minimum absolute atomic E-state index is 0.175. The molecule has 36 heavy (non-hydrogen) atoms. The van der Waals surface area contributed by atoms with Crippen LogP contribution in [0.25, 0.3) is 10.9 Å². The number of anilines is 1. The molecule has 5 rings (SSSR count). The number of benzene rings is 2. The molecule has 1 aromatic heterocycles. The predicted octanol–water partition coefficient (Wildman–Crippen LogP) is 3.85. The van der Waals surface area contributed by atoms with Crippen LogP contribution in [-0.4, -0.2) is 59.0 Å². The van der Waals surface area contributed by atoms with Crippen LogP contribution < -0.4 is 10.2 Å². The normalized spacial score (nSPS) is 19.2. The number of nitriles is 1. The van der Waals surface area contributed by atoms with E-state index in [1.807, 2.05) is 48.5 Å². The standard InChI is InChI=1S/C27H26FN5O2S/c28-27(19-4-2-1-3-5-19)9-12-32(13-10-27)20-6-7-24-23(14-20)22(8-11-30-24)26(35)31-16-25(34)33-18-36-17-21(33)15-29/h1-8,11,14,21H,9-10,12-13,16-18H2,(H,31,35)/t21-/m1/s1. The zero-order valence-corrected chi connectivity index (χ0v) is 20.5. The van der Waals surface area contributed by atoms with Crippen LogP contribution in [0.4, 0.5) is 10.1 Å². The Morgan fingerprint density at radius 1 is 1.17 bits per heavy atom.